The van der Waals surface area contributed by atoms with Crippen LogP contribution in [-0.2, 0) is 4.79 Å². The third-order valence-electron chi connectivity index (χ3n) is 7.60. The first kappa shape index (κ1) is 16.7. The Hall–Kier alpha value is -0.760. The zero-order valence-corrected chi connectivity index (χ0v) is 16.2. The van der Waals surface area contributed by atoms with E-state index in [1.54, 1.807) is 0 Å². The number of carbonyl (C=O) groups is 1. The van der Waals surface area contributed by atoms with Crippen LogP contribution >= 0.6 is 11.8 Å². The predicted octanol–water partition coefficient (Wildman–Crippen LogP) is 5.83. The second-order valence-corrected chi connectivity index (χ2v) is 10.6. The first-order valence-corrected chi connectivity index (χ1v) is 10.5. The Kier molecular flexibility index (Phi) is 3.91. The van der Waals surface area contributed by atoms with Crippen molar-refractivity contribution < 1.29 is 4.79 Å². The molecule has 1 aromatic carbocycles. The quantitative estimate of drug-likeness (QED) is 0.687. The summed E-state index contributed by atoms with van der Waals surface area (Å²) < 4.78 is -0.136. The van der Waals surface area contributed by atoms with E-state index in [2.05, 4.69) is 58.0 Å². The van der Waals surface area contributed by atoms with Crippen LogP contribution in [0.4, 0.5) is 0 Å². The summed E-state index contributed by atoms with van der Waals surface area (Å²) in [5.74, 6) is 3.62. The summed E-state index contributed by atoms with van der Waals surface area (Å²) in [5, 5.41) is 0. The Labute approximate surface area is 151 Å². The van der Waals surface area contributed by atoms with Gasteiger partial charge in [-0.05, 0) is 66.9 Å². The minimum atomic E-state index is -0.136. The van der Waals surface area contributed by atoms with E-state index in [1.807, 2.05) is 11.8 Å². The SMILES string of the molecule is CC1C(=O)[C@]2(Sc3ccccc3)C[C@H]3[C@H](C(C)C)CC[C@]3(C)C[C@H]12. The maximum Gasteiger partial charge on any atom is 0.152 e. The van der Waals surface area contributed by atoms with Gasteiger partial charge < -0.3 is 0 Å². The summed E-state index contributed by atoms with van der Waals surface area (Å²) >= 11 is 1.89. The molecule has 0 aromatic heterocycles. The van der Waals surface area contributed by atoms with Crippen molar-refractivity contribution in [2.75, 3.05) is 0 Å². The molecule has 130 valence electrons. The van der Waals surface area contributed by atoms with Crippen LogP contribution in [0.2, 0.25) is 0 Å². The van der Waals surface area contributed by atoms with Gasteiger partial charge in [0, 0.05) is 10.8 Å². The maximum atomic E-state index is 13.1. The van der Waals surface area contributed by atoms with E-state index >= 15 is 0 Å². The lowest BCUT2D eigenvalue weighted by molar-refractivity contribution is -0.147. The number of rotatable bonds is 3. The topological polar surface area (TPSA) is 17.1 Å². The van der Waals surface area contributed by atoms with Crippen molar-refractivity contribution in [3.63, 3.8) is 0 Å². The molecule has 2 heteroatoms. The molecule has 24 heavy (non-hydrogen) atoms. The minimum Gasteiger partial charge on any atom is -0.298 e. The van der Waals surface area contributed by atoms with E-state index in [0.29, 0.717) is 17.1 Å². The third kappa shape index (κ3) is 2.25. The third-order valence-corrected chi connectivity index (χ3v) is 9.15. The Bertz CT molecular complexity index is 639. The molecule has 0 heterocycles. The van der Waals surface area contributed by atoms with Gasteiger partial charge in [0.25, 0.3) is 0 Å². The number of hydrogen-bond donors (Lipinski definition) is 0. The summed E-state index contributed by atoms with van der Waals surface area (Å²) in [7, 11) is 0. The molecule has 1 nitrogen and oxygen atoms in total. The second kappa shape index (κ2) is 5.62. The number of thioether (sulfide) groups is 1. The van der Waals surface area contributed by atoms with Gasteiger partial charge in [-0.3, -0.25) is 4.79 Å². The van der Waals surface area contributed by atoms with Crippen molar-refractivity contribution in [2.45, 2.75) is 63.0 Å². The molecule has 0 bridgehead atoms. The minimum absolute atomic E-state index is 0.136. The molecule has 0 aliphatic heterocycles. The van der Waals surface area contributed by atoms with Gasteiger partial charge in [0.05, 0.1) is 4.75 Å². The molecule has 3 aliphatic rings. The first-order valence-electron chi connectivity index (χ1n) is 9.66. The Morgan fingerprint density at radius 2 is 1.83 bits per heavy atom. The van der Waals surface area contributed by atoms with Crippen LogP contribution in [0.5, 0.6) is 0 Å². The molecule has 6 atom stereocenters. The van der Waals surface area contributed by atoms with E-state index in [0.717, 1.165) is 24.2 Å². The number of ketones is 1. The second-order valence-electron chi connectivity index (χ2n) is 9.18. The van der Waals surface area contributed by atoms with Crippen molar-refractivity contribution in [2.24, 2.45) is 35.0 Å². The van der Waals surface area contributed by atoms with E-state index < -0.39 is 0 Å². The standard InChI is InChI=1S/C22H30OS/c1-14(2)17-10-11-21(4)12-18-15(3)20(23)22(18,13-19(17)21)24-16-8-6-5-7-9-16/h5-9,14-15,17-19H,10-13H2,1-4H3/t15?,17-,18+,19-,21+,22-/m0/s1. The molecule has 3 saturated carbocycles. The molecule has 3 aliphatic carbocycles. The smallest absolute Gasteiger partial charge is 0.152 e. The van der Waals surface area contributed by atoms with Gasteiger partial charge >= 0.3 is 0 Å². The van der Waals surface area contributed by atoms with Gasteiger partial charge in [0.2, 0.25) is 0 Å². The fourth-order valence-corrected chi connectivity index (χ4v) is 7.90. The number of benzene rings is 1. The summed E-state index contributed by atoms with van der Waals surface area (Å²) in [4.78, 5) is 14.3. The number of carbonyl (C=O) groups excluding carboxylic acids is 1. The molecule has 0 radical (unpaired) electrons. The molecule has 0 saturated heterocycles. The highest BCUT2D eigenvalue weighted by Crippen LogP contribution is 2.69. The van der Waals surface area contributed by atoms with Gasteiger partial charge in [-0.1, -0.05) is 45.9 Å². The van der Waals surface area contributed by atoms with Crippen LogP contribution in [0, 0.1) is 35.0 Å². The zero-order valence-electron chi connectivity index (χ0n) is 15.4. The Balaban J connectivity index is 1.68. The normalized spacial score (nSPS) is 44.1. The summed E-state index contributed by atoms with van der Waals surface area (Å²) in [6.45, 7) is 9.46. The van der Waals surface area contributed by atoms with Gasteiger partial charge in [-0.2, -0.15) is 0 Å². The fourth-order valence-electron chi connectivity index (χ4n) is 6.20. The number of fused-ring (bicyclic) bond motifs is 2. The highest BCUT2D eigenvalue weighted by atomic mass is 32.2. The van der Waals surface area contributed by atoms with E-state index in [9.17, 15) is 4.79 Å². The lowest BCUT2D eigenvalue weighted by atomic mass is 9.48. The highest BCUT2D eigenvalue weighted by Gasteiger charge is 2.68. The number of Topliss-reactive ketones (excluding diaryl/α,β-unsaturated/α-hetero) is 1. The van der Waals surface area contributed by atoms with Crippen molar-refractivity contribution >= 4 is 17.5 Å². The summed E-state index contributed by atoms with van der Waals surface area (Å²) in [6, 6.07) is 10.6. The highest BCUT2D eigenvalue weighted by molar-refractivity contribution is 8.01. The van der Waals surface area contributed by atoms with Gasteiger partial charge in [0.1, 0.15) is 0 Å². The molecule has 3 fully saturated rings. The molecule has 1 unspecified atom stereocenters. The zero-order chi connectivity index (χ0) is 17.1. The van der Waals surface area contributed by atoms with Crippen LogP contribution in [0.1, 0.15) is 53.4 Å². The lowest BCUT2D eigenvalue weighted by Gasteiger charge is -2.61. The molecule has 1 aromatic rings. The van der Waals surface area contributed by atoms with Crippen molar-refractivity contribution in [3.8, 4) is 0 Å². The van der Waals surface area contributed by atoms with E-state index in [4.69, 9.17) is 0 Å². The van der Waals surface area contributed by atoms with Crippen LogP contribution in [0.15, 0.2) is 35.2 Å². The maximum absolute atomic E-state index is 13.1. The predicted molar refractivity (Wildman–Crippen MR) is 101 cm³/mol. The van der Waals surface area contributed by atoms with Crippen LogP contribution < -0.4 is 0 Å². The van der Waals surface area contributed by atoms with Gasteiger partial charge in [0.15, 0.2) is 5.78 Å². The molecule has 0 amide bonds. The molecular weight excluding hydrogens is 312 g/mol. The van der Waals surface area contributed by atoms with Crippen molar-refractivity contribution in [3.05, 3.63) is 30.3 Å². The van der Waals surface area contributed by atoms with E-state index in [-0.39, 0.29) is 10.7 Å². The molecule has 0 spiro atoms. The fraction of sp³-hybridized carbons (Fsp3) is 0.682. The monoisotopic (exact) mass is 342 g/mol. The van der Waals surface area contributed by atoms with Crippen LogP contribution in [-0.4, -0.2) is 10.5 Å². The van der Waals surface area contributed by atoms with Crippen molar-refractivity contribution in [1.82, 2.24) is 0 Å². The van der Waals surface area contributed by atoms with E-state index in [1.165, 1.54) is 24.2 Å². The molecule has 4 rings (SSSR count). The lowest BCUT2D eigenvalue weighted by Crippen LogP contribution is -2.65. The average molecular weight is 343 g/mol. The summed E-state index contributed by atoms with van der Waals surface area (Å²) in [5.41, 5.74) is 0.468. The van der Waals surface area contributed by atoms with Crippen LogP contribution in [0.3, 0.4) is 0 Å². The molecule has 0 N–H and O–H groups in total. The first-order chi connectivity index (χ1) is 11.4. The summed E-state index contributed by atoms with van der Waals surface area (Å²) in [6.07, 6.45) is 5.09. The Morgan fingerprint density at radius 1 is 1.12 bits per heavy atom. The van der Waals surface area contributed by atoms with Crippen molar-refractivity contribution in [1.29, 1.82) is 0 Å². The number of hydrogen-bond acceptors (Lipinski definition) is 2. The molecular formula is C22H30OS. The largest absolute Gasteiger partial charge is 0.298 e. The Morgan fingerprint density at radius 3 is 2.50 bits per heavy atom. The van der Waals surface area contributed by atoms with Gasteiger partial charge in [-0.25, -0.2) is 0 Å². The van der Waals surface area contributed by atoms with Crippen LogP contribution in [0.25, 0.3) is 0 Å². The van der Waals surface area contributed by atoms with Gasteiger partial charge in [-0.15, -0.1) is 11.8 Å². The average Bonchev–Trinajstić information content (AvgIpc) is 2.90.